The van der Waals surface area contributed by atoms with E-state index in [2.05, 4.69) is 191 Å². The van der Waals surface area contributed by atoms with E-state index < -0.39 is 12.1 Å². The van der Waals surface area contributed by atoms with Gasteiger partial charge in [0.2, 0.25) is 0 Å². The molecule has 0 saturated heterocycles. The number of carbonyl (C=O) groups excluding carboxylic acids is 3. The Morgan fingerprint density at radius 2 is 0.548 bits per heavy atom. The number of hydrogen-bond acceptors (Lipinski definition) is 6. The molecule has 1 unspecified atom stereocenters. The summed E-state index contributed by atoms with van der Waals surface area (Å²) in [6.07, 6.45) is 89.0. The SMILES string of the molecule is CC/C=C\C/C=C\C/C=C\C/C=C\C/C=C\CCCCCCCC(=O)OCC(COC(=O)C/C=C\C/C=C\C/C=C\C/C=C\C/C=C\CC)OC(=O)CCCCC/C=C\C/C=C\C/C=C\C/C=C\C/C=C\CC. The Bertz CT molecular complexity index is 1770. The predicted molar refractivity (Wildman–Crippen MR) is 315 cm³/mol. The van der Waals surface area contributed by atoms with E-state index in [4.69, 9.17) is 14.2 Å². The van der Waals surface area contributed by atoms with E-state index in [9.17, 15) is 14.4 Å². The number of rotatable bonds is 48. The molecule has 6 heteroatoms. The molecular weight excluding hydrogens is 901 g/mol. The van der Waals surface area contributed by atoms with Crippen LogP contribution in [0.2, 0.25) is 0 Å². The number of esters is 3. The average molecular weight is 1000 g/mol. The Morgan fingerprint density at radius 1 is 0.288 bits per heavy atom. The van der Waals surface area contributed by atoms with Crippen molar-refractivity contribution in [1.82, 2.24) is 0 Å². The third-order valence-corrected chi connectivity index (χ3v) is 10.9. The van der Waals surface area contributed by atoms with Crippen molar-refractivity contribution in [2.24, 2.45) is 0 Å². The summed E-state index contributed by atoms with van der Waals surface area (Å²) in [4.78, 5) is 38.1. The zero-order chi connectivity index (χ0) is 52.9. The first-order valence-corrected chi connectivity index (χ1v) is 28.3. The molecule has 0 amide bonds. The summed E-state index contributed by atoms with van der Waals surface area (Å²) in [5.74, 6) is -1.14. The van der Waals surface area contributed by atoms with Crippen molar-refractivity contribution in [3.05, 3.63) is 182 Å². The molecule has 0 aliphatic heterocycles. The molecule has 6 nitrogen and oxygen atoms in total. The Morgan fingerprint density at radius 3 is 0.904 bits per heavy atom. The van der Waals surface area contributed by atoms with Gasteiger partial charge >= 0.3 is 17.9 Å². The summed E-state index contributed by atoms with van der Waals surface area (Å²) < 4.78 is 16.7. The van der Waals surface area contributed by atoms with Gasteiger partial charge in [-0.25, -0.2) is 0 Å². The van der Waals surface area contributed by atoms with Crippen molar-refractivity contribution in [3.63, 3.8) is 0 Å². The van der Waals surface area contributed by atoms with Crippen LogP contribution in [0, 0.1) is 0 Å². The summed E-state index contributed by atoms with van der Waals surface area (Å²) in [6.45, 7) is 6.14. The molecule has 0 fully saturated rings. The monoisotopic (exact) mass is 1000 g/mol. The van der Waals surface area contributed by atoms with Crippen LogP contribution in [0.1, 0.15) is 201 Å². The van der Waals surface area contributed by atoms with Gasteiger partial charge in [-0.2, -0.15) is 0 Å². The molecule has 0 aromatic rings. The van der Waals surface area contributed by atoms with Gasteiger partial charge in [-0.15, -0.1) is 0 Å². The third-order valence-electron chi connectivity index (χ3n) is 10.9. The van der Waals surface area contributed by atoms with Crippen molar-refractivity contribution < 1.29 is 28.6 Å². The van der Waals surface area contributed by atoms with Crippen LogP contribution in [0.3, 0.4) is 0 Å². The molecule has 404 valence electrons. The topological polar surface area (TPSA) is 78.9 Å². The highest BCUT2D eigenvalue weighted by Crippen LogP contribution is 2.11. The maximum absolute atomic E-state index is 12.9. The zero-order valence-electron chi connectivity index (χ0n) is 46.1. The van der Waals surface area contributed by atoms with E-state index in [-0.39, 0.29) is 38.0 Å². The summed E-state index contributed by atoms with van der Waals surface area (Å²) in [5, 5.41) is 0. The molecule has 0 rings (SSSR count). The Labute approximate surface area is 446 Å². The lowest BCUT2D eigenvalue weighted by molar-refractivity contribution is -0.166. The predicted octanol–water partition coefficient (Wildman–Crippen LogP) is 19.3. The van der Waals surface area contributed by atoms with Gasteiger partial charge in [0, 0.05) is 12.8 Å². The molecule has 0 spiro atoms. The first-order valence-electron chi connectivity index (χ1n) is 28.3. The van der Waals surface area contributed by atoms with Crippen LogP contribution >= 0.6 is 0 Å². The van der Waals surface area contributed by atoms with Crippen LogP contribution in [0.15, 0.2) is 182 Å². The second kappa shape index (κ2) is 59.1. The molecule has 0 radical (unpaired) electrons. The summed E-state index contributed by atoms with van der Waals surface area (Å²) in [6, 6.07) is 0. The smallest absolute Gasteiger partial charge is 0.309 e. The molecular formula is C67H100O6. The highest BCUT2D eigenvalue weighted by Gasteiger charge is 2.19. The van der Waals surface area contributed by atoms with E-state index in [1.807, 2.05) is 6.08 Å². The first-order chi connectivity index (χ1) is 36.0. The molecule has 0 bridgehead atoms. The van der Waals surface area contributed by atoms with E-state index in [0.29, 0.717) is 19.3 Å². The fourth-order valence-electron chi connectivity index (χ4n) is 6.80. The van der Waals surface area contributed by atoms with Crippen molar-refractivity contribution in [3.8, 4) is 0 Å². The van der Waals surface area contributed by atoms with Gasteiger partial charge in [0.1, 0.15) is 13.2 Å². The van der Waals surface area contributed by atoms with Crippen LogP contribution in [-0.2, 0) is 28.6 Å². The van der Waals surface area contributed by atoms with Gasteiger partial charge in [-0.1, -0.05) is 229 Å². The molecule has 0 aliphatic rings. The van der Waals surface area contributed by atoms with Crippen molar-refractivity contribution in [1.29, 1.82) is 0 Å². The zero-order valence-corrected chi connectivity index (χ0v) is 46.1. The third kappa shape index (κ3) is 57.3. The van der Waals surface area contributed by atoms with Gasteiger partial charge in [-0.3, -0.25) is 14.4 Å². The number of hydrogen-bond donors (Lipinski definition) is 0. The molecule has 0 aliphatic carbocycles. The lowest BCUT2D eigenvalue weighted by atomic mass is 10.1. The number of unbranched alkanes of at least 4 members (excludes halogenated alkanes) is 8. The summed E-state index contributed by atoms with van der Waals surface area (Å²) >= 11 is 0. The fraction of sp³-hybridized carbons (Fsp3) is 0.507. The highest BCUT2D eigenvalue weighted by molar-refractivity contribution is 5.72. The lowest BCUT2D eigenvalue weighted by Gasteiger charge is -2.18. The summed E-state index contributed by atoms with van der Waals surface area (Å²) in [5.41, 5.74) is 0. The maximum Gasteiger partial charge on any atom is 0.309 e. The van der Waals surface area contributed by atoms with Gasteiger partial charge in [0.15, 0.2) is 6.10 Å². The minimum Gasteiger partial charge on any atom is -0.462 e. The van der Waals surface area contributed by atoms with Crippen LogP contribution in [0.5, 0.6) is 0 Å². The van der Waals surface area contributed by atoms with Crippen LogP contribution in [-0.4, -0.2) is 37.2 Å². The van der Waals surface area contributed by atoms with Crippen molar-refractivity contribution in [2.75, 3.05) is 13.2 Å². The van der Waals surface area contributed by atoms with Crippen molar-refractivity contribution in [2.45, 2.75) is 207 Å². The number of ether oxygens (including phenoxy) is 3. The maximum atomic E-state index is 12.9. The van der Waals surface area contributed by atoms with E-state index in [0.717, 1.165) is 148 Å². The normalized spacial score (nSPS) is 13.5. The standard InChI is InChI=1S/C67H100O6/c1-4-7-10-13-16-19-22-25-28-30-32-33-35-36-39-42-45-48-51-54-57-60-66(69)72-63-64(62-71-65(68)59-56-53-50-47-44-41-38-27-24-21-18-15-12-9-6-3)73-67(70)61-58-55-52-49-46-43-40-37-34-31-29-26-23-20-17-14-11-8-5-2/h7-12,16-21,25-29,32-34,36-39,43-44,46-47,53,56,64H,4-6,13-15,22-24,30-31,35,40-42,45,48-52,54-55,57-63H2,1-3H3/b10-7-,11-8-,12-9-,19-16-,20-17-,21-18-,28-25-,29-26-,33-32-,37-34-,38-27-,39-36-,46-43-,47-44-,56-53-. The summed E-state index contributed by atoms with van der Waals surface area (Å²) in [7, 11) is 0. The van der Waals surface area contributed by atoms with Crippen molar-refractivity contribution >= 4 is 17.9 Å². The van der Waals surface area contributed by atoms with Crippen LogP contribution < -0.4 is 0 Å². The number of carbonyl (C=O) groups is 3. The first kappa shape index (κ1) is 67.5. The van der Waals surface area contributed by atoms with E-state index >= 15 is 0 Å². The minimum atomic E-state index is -0.856. The second-order valence-corrected chi connectivity index (χ2v) is 17.7. The van der Waals surface area contributed by atoms with Crippen LogP contribution in [0.4, 0.5) is 0 Å². The highest BCUT2D eigenvalue weighted by atomic mass is 16.6. The van der Waals surface area contributed by atoms with Gasteiger partial charge in [-0.05, 0) is 135 Å². The minimum absolute atomic E-state index is 0.105. The van der Waals surface area contributed by atoms with Crippen LogP contribution in [0.25, 0.3) is 0 Å². The quantitative estimate of drug-likeness (QED) is 0.0262. The Hall–Kier alpha value is -5.49. The second-order valence-electron chi connectivity index (χ2n) is 17.7. The van der Waals surface area contributed by atoms with E-state index in [1.54, 1.807) is 6.08 Å². The molecule has 0 N–H and O–H groups in total. The lowest BCUT2D eigenvalue weighted by Crippen LogP contribution is -2.30. The molecule has 0 saturated carbocycles. The Kier molecular flexibility index (Phi) is 54.6. The fourth-order valence-corrected chi connectivity index (χ4v) is 6.80. The average Bonchev–Trinajstić information content (AvgIpc) is 3.39. The van der Waals surface area contributed by atoms with E-state index in [1.165, 1.54) is 0 Å². The molecule has 0 aromatic carbocycles. The number of allylic oxidation sites excluding steroid dienone is 29. The van der Waals surface area contributed by atoms with Gasteiger partial charge < -0.3 is 14.2 Å². The van der Waals surface area contributed by atoms with Gasteiger partial charge in [0.05, 0.1) is 6.42 Å². The van der Waals surface area contributed by atoms with Gasteiger partial charge in [0.25, 0.3) is 0 Å². The largest absolute Gasteiger partial charge is 0.462 e. The molecule has 0 heterocycles. The Balaban J connectivity index is 4.63. The molecule has 1 atom stereocenters. The molecule has 73 heavy (non-hydrogen) atoms. The molecule has 0 aromatic heterocycles.